The first-order chi connectivity index (χ1) is 10.2. The van der Waals surface area contributed by atoms with Crippen LogP contribution in [0.1, 0.15) is 26.7 Å². The Labute approximate surface area is 130 Å². The van der Waals surface area contributed by atoms with Crippen molar-refractivity contribution in [3.63, 3.8) is 0 Å². The van der Waals surface area contributed by atoms with Crippen LogP contribution in [0.25, 0.3) is 0 Å². The van der Waals surface area contributed by atoms with Crippen LogP contribution in [-0.4, -0.2) is 37.8 Å². The van der Waals surface area contributed by atoms with Crippen molar-refractivity contribution in [3.8, 4) is 0 Å². The first-order valence-corrected chi connectivity index (χ1v) is 8.37. The molecule has 0 aliphatic carbocycles. The van der Waals surface area contributed by atoms with Gasteiger partial charge < -0.3 is 4.74 Å². The van der Waals surface area contributed by atoms with Crippen LogP contribution in [0.15, 0.2) is 35.2 Å². The molecule has 120 valence electrons. The summed E-state index contributed by atoms with van der Waals surface area (Å²) in [6.45, 7) is 2.79. The summed E-state index contributed by atoms with van der Waals surface area (Å²) in [4.78, 5) is 24.6. The molecule has 1 aromatic carbocycles. The van der Waals surface area contributed by atoms with E-state index in [0.717, 1.165) is 0 Å². The smallest absolute Gasteiger partial charge is 0.268 e. The fourth-order valence-electron chi connectivity index (χ4n) is 2.52. The number of amides is 1. The van der Waals surface area contributed by atoms with Gasteiger partial charge in [-0.3, -0.25) is 9.59 Å². The van der Waals surface area contributed by atoms with E-state index in [1.54, 1.807) is 18.2 Å². The largest absolute Gasteiger partial charge is 0.360 e. The number of hydrogen-bond acceptors (Lipinski definition) is 5. The standard InChI is InChI=1S/C15H19NO5S/c1-11(17)15(2)10-9-13(21-3)16(14(15)18)22(19,20)12-7-5-4-6-8-12/h4-8,13H,9-10H2,1-3H3/t13-,15-/m1/s1. The van der Waals surface area contributed by atoms with Crippen molar-refractivity contribution >= 4 is 21.7 Å². The average Bonchev–Trinajstić information content (AvgIpc) is 2.50. The Bertz CT molecular complexity index is 685. The highest BCUT2D eigenvalue weighted by atomic mass is 32.2. The van der Waals surface area contributed by atoms with Gasteiger partial charge >= 0.3 is 0 Å². The second kappa shape index (κ2) is 5.81. The quantitative estimate of drug-likeness (QED) is 0.785. The van der Waals surface area contributed by atoms with E-state index in [1.165, 1.54) is 33.1 Å². The highest BCUT2D eigenvalue weighted by Gasteiger charge is 2.51. The number of methoxy groups -OCH3 is 1. The lowest BCUT2D eigenvalue weighted by atomic mass is 9.78. The molecule has 1 fully saturated rings. The predicted octanol–water partition coefficient (Wildman–Crippen LogP) is 1.57. The van der Waals surface area contributed by atoms with Gasteiger partial charge in [-0.05, 0) is 38.8 Å². The van der Waals surface area contributed by atoms with Crippen molar-refractivity contribution in [1.82, 2.24) is 4.31 Å². The van der Waals surface area contributed by atoms with Gasteiger partial charge in [0.1, 0.15) is 17.4 Å². The summed E-state index contributed by atoms with van der Waals surface area (Å²) in [5, 5.41) is 0. The number of rotatable bonds is 4. The van der Waals surface area contributed by atoms with Crippen LogP contribution in [0.4, 0.5) is 0 Å². The Morgan fingerprint density at radius 2 is 1.91 bits per heavy atom. The Morgan fingerprint density at radius 1 is 1.32 bits per heavy atom. The number of nitrogens with zero attached hydrogens (tertiary/aromatic N) is 1. The predicted molar refractivity (Wildman–Crippen MR) is 79.3 cm³/mol. The van der Waals surface area contributed by atoms with Gasteiger partial charge in [-0.2, -0.15) is 0 Å². The van der Waals surface area contributed by atoms with Gasteiger partial charge in [0.2, 0.25) is 0 Å². The molecule has 6 nitrogen and oxygen atoms in total. The van der Waals surface area contributed by atoms with Crippen molar-refractivity contribution < 1.29 is 22.7 Å². The van der Waals surface area contributed by atoms with E-state index < -0.39 is 27.6 Å². The summed E-state index contributed by atoms with van der Waals surface area (Å²) in [5.74, 6) is -1.08. The molecule has 1 amide bonds. The summed E-state index contributed by atoms with van der Waals surface area (Å²) in [6.07, 6.45) is -0.352. The van der Waals surface area contributed by atoms with E-state index in [1.807, 2.05) is 0 Å². The Balaban J connectivity index is 2.53. The lowest BCUT2D eigenvalue weighted by molar-refractivity contribution is -0.157. The summed E-state index contributed by atoms with van der Waals surface area (Å²) in [6, 6.07) is 7.66. The van der Waals surface area contributed by atoms with Crippen LogP contribution in [0.2, 0.25) is 0 Å². The highest BCUT2D eigenvalue weighted by molar-refractivity contribution is 7.89. The van der Waals surface area contributed by atoms with E-state index in [2.05, 4.69) is 0 Å². The third-order valence-corrected chi connectivity index (χ3v) is 5.96. The van der Waals surface area contributed by atoms with E-state index in [0.29, 0.717) is 4.31 Å². The first-order valence-electron chi connectivity index (χ1n) is 6.93. The number of carbonyl (C=O) groups is 2. The zero-order valence-corrected chi connectivity index (χ0v) is 13.6. The van der Waals surface area contributed by atoms with E-state index in [-0.39, 0.29) is 23.5 Å². The molecular formula is C15H19NO5S. The maximum Gasteiger partial charge on any atom is 0.268 e. The zero-order valence-electron chi connectivity index (χ0n) is 12.8. The fourth-order valence-corrected chi connectivity index (χ4v) is 4.17. The third-order valence-electron chi connectivity index (χ3n) is 4.17. The van der Waals surface area contributed by atoms with E-state index >= 15 is 0 Å². The molecule has 1 aliphatic heterocycles. The Morgan fingerprint density at radius 3 is 2.41 bits per heavy atom. The molecular weight excluding hydrogens is 306 g/mol. The van der Waals surface area contributed by atoms with Crippen LogP contribution in [0.3, 0.4) is 0 Å². The van der Waals surface area contributed by atoms with E-state index in [9.17, 15) is 18.0 Å². The molecule has 0 bridgehead atoms. The summed E-state index contributed by atoms with van der Waals surface area (Å²) >= 11 is 0. The molecule has 0 aromatic heterocycles. The van der Waals surface area contributed by atoms with Gasteiger partial charge in [0.05, 0.1) is 4.90 Å². The topological polar surface area (TPSA) is 80.8 Å². The van der Waals surface area contributed by atoms with Gasteiger partial charge in [-0.15, -0.1) is 0 Å². The Hall–Kier alpha value is -1.73. The fraction of sp³-hybridized carbons (Fsp3) is 0.467. The van der Waals surface area contributed by atoms with Crippen molar-refractivity contribution in [2.75, 3.05) is 7.11 Å². The summed E-state index contributed by atoms with van der Waals surface area (Å²) < 4.78 is 31.5. The molecule has 1 heterocycles. The normalized spacial score (nSPS) is 26.0. The number of hydrogen-bond donors (Lipinski definition) is 0. The van der Waals surface area contributed by atoms with Gasteiger partial charge in [-0.1, -0.05) is 18.2 Å². The number of piperidine rings is 1. The van der Waals surface area contributed by atoms with Crippen molar-refractivity contribution in [3.05, 3.63) is 30.3 Å². The van der Waals surface area contributed by atoms with Crippen molar-refractivity contribution in [1.29, 1.82) is 0 Å². The molecule has 1 aliphatic rings. The van der Waals surface area contributed by atoms with Gasteiger partial charge in [0.15, 0.2) is 0 Å². The Kier molecular flexibility index (Phi) is 4.39. The number of carbonyl (C=O) groups excluding carboxylic acids is 2. The third kappa shape index (κ3) is 2.55. The monoisotopic (exact) mass is 325 g/mol. The van der Waals surface area contributed by atoms with Crippen LogP contribution >= 0.6 is 0 Å². The molecule has 2 atom stereocenters. The number of benzene rings is 1. The van der Waals surface area contributed by atoms with Crippen LogP contribution in [0, 0.1) is 5.41 Å². The van der Waals surface area contributed by atoms with Crippen LogP contribution < -0.4 is 0 Å². The molecule has 22 heavy (non-hydrogen) atoms. The number of sulfonamides is 1. The minimum atomic E-state index is -4.07. The maximum absolute atomic E-state index is 12.8. The average molecular weight is 325 g/mol. The number of ketones is 1. The van der Waals surface area contributed by atoms with Crippen LogP contribution in [-0.2, 0) is 24.3 Å². The number of Topliss-reactive ketones (excluding diaryl/α,β-unsaturated/α-hetero) is 1. The highest BCUT2D eigenvalue weighted by Crippen LogP contribution is 2.38. The van der Waals surface area contributed by atoms with Crippen molar-refractivity contribution in [2.45, 2.75) is 37.8 Å². The molecule has 2 rings (SSSR count). The molecule has 1 saturated heterocycles. The maximum atomic E-state index is 12.8. The summed E-state index contributed by atoms with van der Waals surface area (Å²) in [7, 11) is -2.72. The molecule has 0 N–H and O–H groups in total. The molecule has 0 unspecified atom stereocenters. The molecule has 7 heteroatoms. The minimum Gasteiger partial charge on any atom is -0.360 e. The molecule has 0 saturated carbocycles. The molecule has 1 aromatic rings. The zero-order chi connectivity index (χ0) is 16.5. The SMILES string of the molecule is CO[C@@H]1CC[C@](C)(C(C)=O)C(=O)N1S(=O)(=O)c1ccccc1. The van der Waals surface area contributed by atoms with Gasteiger partial charge in [0, 0.05) is 7.11 Å². The van der Waals surface area contributed by atoms with Gasteiger partial charge in [0.25, 0.3) is 15.9 Å². The first kappa shape index (κ1) is 16.6. The van der Waals surface area contributed by atoms with Crippen molar-refractivity contribution in [2.24, 2.45) is 5.41 Å². The lowest BCUT2D eigenvalue weighted by Gasteiger charge is -2.41. The lowest BCUT2D eigenvalue weighted by Crippen LogP contribution is -2.57. The van der Waals surface area contributed by atoms with Crippen LogP contribution in [0.5, 0.6) is 0 Å². The second-order valence-corrected chi connectivity index (χ2v) is 7.35. The second-order valence-electron chi connectivity index (χ2n) is 5.54. The number of ether oxygens (including phenoxy) is 1. The molecule has 0 radical (unpaired) electrons. The van der Waals surface area contributed by atoms with Gasteiger partial charge in [-0.25, -0.2) is 12.7 Å². The summed E-state index contributed by atoms with van der Waals surface area (Å²) in [5.41, 5.74) is -1.34. The minimum absolute atomic E-state index is 0.00166. The van der Waals surface area contributed by atoms with E-state index in [4.69, 9.17) is 4.74 Å². The molecule has 0 spiro atoms.